The minimum absolute atomic E-state index is 0.219. The van der Waals surface area contributed by atoms with Gasteiger partial charge in [0.2, 0.25) is 0 Å². The number of ether oxygens (including phenoxy) is 1. The van der Waals surface area contributed by atoms with Crippen LogP contribution in [-0.4, -0.2) is 17.7 Å². The van der Waals surface area contributed by atoms with Gasteiger partial charge in [0.15, 0.2) is 0 Å². The van der Waals surface area contributed by atoms with Crippen LogP contribution in [0.5, 0.6) is 5.75 Å². The number of rotatable bonds is 6. The molecule has 0 saturated heterocycles. The molecule has 1 rings (SSSR count). The molecular weight excluding hydrogens is 204 g/mol. The minimum atomic E-state index is -0.744. The number of carbonyl (C=O) groups is 1. The van der Waals surface area contributed by atoms with Crippen LogP contribution in [0.3, 0.4) is 0 Å². The van der Waals surface area contributed by atoms with Crippen LogP contribution in [-0.2, 0) is 4.79 Å². The smallest absolute Gasteiger partial charge is 0.303 e. The van der Waals surface area contributed by atoms with Crippen molar-refractivity contribution in [1.29, 1.82) is 0 Å². The van der Waals surface area contributed by atoms with Crippen LogP contribution in [0.1, 0.15) is 30.4 Å². The Labute approximate surface area is 96.1 Å². The van der Waals surface area contributed by atoms with Gasteiger partial charge in [-0.3, -0.25) is 4.79 Å². The topological polar surface area (TPSA) is 46.5 Å². The number of aliphatic carboxylic acids is 1. The van der Waals surface area contributed by atoms with Gasteiger partial charge >= 0.3 is 5.97 Å². The van der Waals surface area contributed by atoms with E-state index in [0.717, 1.165) is 12.2 Å². The average Bonchev–Trinajstić information content (AvgIpc) is 2.22. The Hall–Kier alpha value is -1.51. The minimum Gasteiger partial charge on any atom is -0.494 e. The van der Waals surface area contributed by atoms with Gasteiger partial charge in [-0.15, -0.1) is 0 Å². The van der Waals surface area contributed by atoms with E-state index in [4.69, 9.17) is 9.84 Å². The summed E-state index contributed by atoms with van der Waals surface area (Å²) in [7, 11) is 0. The first-order valence-electron chi connectivity index (χ1n) is 5.51. The lowest BCUT2D eigenvalue weighted by atomic mass is 10.1. The molecule has 0 unspecified atom stereocenters. The monoisotopic (exact) mass is 222 g/mol. The first kappa shape index (κ1) is 12.6. The van der Waals surface area contributed by atoms with Crippen molar-refractivity contribution in [2.24, 2.45) is 0 Å². The van der Waals surface area contributed by atoms with E-state index in [1.54, 1.807) is 0 Å². The van der Waals surface area contributed by atoms with Gasteiger partial charge < -0.3 is 9.84 Å². The molecule has 0 fully saturated rings. The lowest BCUT2D eigenvalue weighted by molar-refractivity contribution is -0.137. The average molecular weight is 222 g/mol. The number of benzene rings is 1. The molecule has 1 aromatic rings. The SMILES string of the molecule is Cc1ccc(OCCCCC(=O)O)cc1C. The van der Waals surface area contributed by atoms with E-state index in [1.807, 2.05) is 25.1 Å². The van der Waals surface area contributed by atoms with E-state index in [0.29, 0.717) is 13.0 Å². The van der Waals surface area contributed by atoms with Crippen molar-refractivity contribution in [2.45, 2.75) is 33.1 Å². The first-order valence-corrected chi connectivity index (χ1v) is 5.51. The van der Waals surface area contributed by atoms with Crippen LogP contribution in [0.15, 0.2) is 18.2 Å². The fourth-order valence-corrected chi connectivity index (χ4v) is 1.37. The summed E-state index contributed by atoms with van der Waals surface area (Å²) in [6, 6.07) is 5.98. The molecular formula is C13H18O3. The Bertz CT molecular complexity index is 358. The highest BCUT2D eigenvalue weighted by molar-refractivity contribution is 5.66. The molecule has 0 amide bonds. The normalized spacial score (nSPS) is 10.1. The van der Waals surface area contributed by atoms with E-state index in [-0.39, 0.29) is 6.42 Å². The van der Waals surface area contributed by atoms with Gasteiger partial charge in [-0.25, -0.2) is 0 Å². The van der Waals surface area contributed by atoms with Gasteiger partial charge in [0, 0.05) is 6.42 Å². The highest BCUT2D eigenvalue weighted by Gasteiger charge is 1.99. The summed E-state index contributed by atoms with van der Waals surface area (Å²) >= 11 is 0. The van der Waals surface area contributed by atoms with Crippen molar-refractivity contribution in [3.8, 4) is 5.75 Å². The molecule has 0 aliphatic heterocycles. The number of aryl methyl sites for hydroxylation is 2. The van der Waals surface area contributed by atoms with E-state index in [1.165, 1.54) is 11.1 Å². The molecule has 16 heavy (non-hydrogen) atoms. The molecule has 0 atom stereocenters. The van der Waals surface area contributed by atoms with Crippen molar-refractivity contribution in [2.75, 3.05) is 6.61 Å². The third-order valence-corrected chi connectivity index (χ3v) is 2.53. The Balaban J connectivity index is 2.27. The Morgan fingerprint density at radius 1 is 1.25 bits per heavy atom. The Morgan fingerprint density at radius 2 is 2.00 bits per heavy atom. The highest BCUT2D eigenvalue weighted by atomic mass is 16.5. The lowest BCUT2D eigenvalue weighted by Gasteiger charge is -2.07. The third-order valence-electron chi connectivity index (χ3n) is 2.53. The summed E-state index contributed by atoms with van der Waals surface area (Å²) < 4.78 is 5.53. The molecule has 88 valence electrons. The lowest BCUT2D eigenvalue weighted by Crippen LogP contribution is -2.00. The summed E-state index contributed by atoms with van der Waals surface area (Å²) in [6.07, 6.45) is 1.66. The largest absolute Gasteiger partial charge is 0.494 e. The zero-order valence-electron chi connectivity index (χ0n) is 9.82. The third kappa shape index (κ3) is 4.34. The van der Waals surface area contributed by atoms with Gasteiger partial charge in [0.1, 0.15) is 5.75 Å². The standard InChI is InChI=1S/C13H18O3/c1-10-6-7-12(9-11(10)2)16-8-4-3-5-13(14)15/h6-7,9H,3-5,8H2,1-2H3,(H,14,15). The second-order valence-corrected chi connectivity index (χ2v) is 3.95. The molecule has 3 nitrogen and oxygen atoms in total. The summed E-state index contributed by atoms with van der Waals surface area (Å²) in [6.45, 7) is 4.69. The van der Waals surface area contributed by atoms with Crippen molar-refractivity contribution < 1.29 is 14.6 Å². The van der Waals surface area contributed by atoms with Gasteiger partial charge in [-0.1, -0.05) is 6.07 Å². The predicted molar refractivity (Wildman–Crippen MR) is 62.9 cm³/mol. The maximum Gasteiger partial charge on any atom is 0.303 e. The van der Waals surface area contributed by atoms with Crippen LogP contribution < -0.4 is 4.74 Å². The van der Waals surface area contributed by atoms with Crippen LogP contribution in [0, 0.1) is 13.8 Å². The van der Waals surface area contributed by atoms with Crippen LogP contribution in [0.2, 0.25) is 0 Å². The van der Waals surface area contributed by atoms with E-state index in [9.17, 15) is 4.79 Å². The Kier molecular flexibility index (Phi) is 4.83. The molecule has 1 N–H and O–H groups in total. The van der Waals surface area contributed by atoms with Crippen LogP contribution in [0.4, 0.5) is 0 Å². The second-order valence-electron chi connectivity index (χ2n) is 3.95. The predicted octanol–water partition coefficient (Wildman–Crippen LogP) is 2.94. The van der Waals surface area contributed by atoms with Gasteiger partial charge in [-0.2, -0.15) is 0 Å². The van der Waals surface area contributed by atoms with Crippen LogP contribution >= 0.6 is 0 Å². The molecule has 0 bridgehead atoms. The molecule has 0 aliphatic carbocycles. The molecule has 0 aliphatic rings. The summed E-state index contributed by atoms with van der Waals surface area (Å²) in [5, 5.41) is 8.46. The second kappa shape index (κ2) is 6.16. The fraction of sp³-hybridized carbons (Fsp3) is 0.462. The molecule has 1 aromatic carbocycles. The van der Waals surface area contributed by atoms with E-state index >= 15 is 0 Å². The maximum atomic E-state index is 10.3. The number of hydrogen-bond acceptors (Lipinski definition) is 2. The quantitative estimate of drug-likeness (QED) is 0.753. The fourth-order valence-electron chi connectivity index (χ4n) is 1.37. The zero-order valence-corrected chi connectivity index (χ0v) is 9.82. The van der Waals surface area contributed by atoms with E-state index in [2.05, 4.69) is 6.92 Å². The summed E-state index contributed by atoms with van der Waals surface area (Å²) in [5.74, 6) is 0.115. The van der Waals surface area contributed by atoms with Gasteiger partial charge in [0.25, 0.3) is 0 Å². The molecule has 3 heteroatoms. The number of hydrogen-bond donors (Lipinski definition) is 1. The first-order chi connectivity index (χ1) is 7.59. The summed E-state index contributed by atoms with van der Waals surface area (Å²) in [5.41, 5.74) is 2.46. The molecule has 0 spiro atoms. The number of carboxylic acid groups (broad SMARTS) is 1. The molecule has 0 saturated carbocycles. The summed E-state index contributed by atoms with van der Waals surface area (Å²) in [4.78, 5) is 10.3. The maximum absolute atomic E-state index is 10.3. The van der Waals surface area contributed by atoms with Crippen molar-refractivity contribution in [1.82, 2.24) is 0 Å². The van der Waals surface area contributed by atoms with Gasteiger partial charge in [-0.05, 0) is 49.9 Å². The number of unbranched alkanes of at least 4 members (excludes halogenated alkanes) is 1. The van der Waals surface area contributed by atoms with E-state index < -0.39 is 5.97 Å². The van der Waals surface area contributed by atoms with Crippen molar-refractivity contribution in [3.63, 3.8) is 0 Å². The van der Waals surface area contributed by atoms with Gasteiger partial charge in [0.05, 0.1) is 6.61 Å². The van der Waals surface area contributed by atoms with Crippen molar-refractivity contribution in [3.05, 3.63) is 29.3 Å². The molecule has 0 heterocycles. The zero-order chi connectivity index (χ0) is 12.0. The molecule has 0 radical (unpaired) electrons. The number of carboxylic acids is 1. The molecule has 0 aromatic heterocycles. The Morgan fingerprint density at radius 3 is 2.62 bits per heavy atom. The van der Waals surface area contributed by atoms with Crippen molar-refractivity contribution >= 4 is 5.97 Å². The van der Waals surface area contributed by atoms with Crippen LogP contribution in [0.25, 0.3) is 0 Å². The highest BCUT2D eigenvalue weighted by Crippen LogP contribution is 2.16.